The average molecular weight is 493 g/mol. The van der Waals surface area contributed by atoms with Gasteiger partial charge in [0.1, 0.15) is 13.0 Å². The van der Waals surface area contributed by atoms with Crippen molar-refractivity contribution in [3.05, 3.63) is 87.6 Å². The quantitative estimate of drug-likeness (QED) is 0.464. The third-order valence-corrected chi connectivity index (χ3v) is 6.90. The van der Waals surface area contributed by atoms with Crippen LogP contribution in [0.1, 0.15) is 55.0 Å². The van der Waals surface area contributed by atoms with E-state index in [9.17, 15) is 22.4 Å². The molecule has 2 aromatic carbocycles. The SMILES string of the molecule is C[C@@H](OC[C@@]1(c2ccccc2)CC[C@](C)(n2cn[nH]c2=O)CN1)c1cc(CF)cc(C(F)(F)F)c1. The van der Waals surface area contributed by atoms with Gasteiger partial charge in [0.25, 0.3) is 0 Å². The maximum atomic E-state index is 13.3. The molecule has 1 aliphatic heterocycles. The largest absolute Gasteiger partial charge is 0.416 e. The standard InChI is InChI=1S/C25H28F4N4O2/c1-17(19-10-18(13-26)11-21(12-19)25(27,28)29)35-15-24(20-6-4-3-5-7-20)9-8-23(2,14-30-24)33-16-31-32-22(33)34/h3-7,10-12,16-17,30H,8-9,13-15H2,1-2H3,(H,32,34)/t17-,23+,24-/m1/s1. The van der Waals surface area contributed by atoms with E-state index < -0.39 is 35.6 Å². The molecule has 1 fully saturated rings. The summed E-state index contributed by atoms with van der Waals surface area (Å²) in [5.41, 5.74) is -1.12. The normalized spacial score (nSPS) is 23.8. The van der Waals surface area contributed by atoms with Crippen LogP contribution in [-0.4, -0.2) is 27.9 Å². The number of aromatic amines is 1. The van der Waals surface area contributed by atoms with Gasteiger partial charge in [-0.05, 0) is 55.5 Å². The van der Waals surface area contributed by atoms with Crippen molar-refractivity contribution in [2.24, 2.45) is 0 Å². The Hall–Kier alpha value is -2.98. The first kappa shape index (κ1) is 25.1. The number of alkyl halides is 4. The molecule has 2 heterocycles. The fraction of sp³-hybridized carbons (Fsp3) is 0.440. The van der Waals surface area contributed by atoms with Crippen LogP contribution in [-0.2, 0) is 28.7 Å². The van der Waals surface area contributed by atoms with E-state index in [4.69, 9.17) is 4.74 Å². The molecule has 10 heteroatoms. The summed E-state index contributed by atoms with van der Waals surface area (Å²) in [6, 6.07) is 12.9. The van der Waals surface area contributed by atoms with Crippen molar-refractivity contribution in [1.29, 1.82) is 0 Å². The van der Waals surface area contributed by atoms with Crippen LogP contribution in [0.5, 0.6) is 0 Å². The number of aromatic nitrogens is 3. The van der Waals surface area contributed by atoms with E-state index in [1.807, 2.05) is 37.3 Å². The predicted octanol–water partition coefficient (Wildman–Crippen LogP) is 4.83. The highest BCUT2D eigenvalue weighted by Crippen LogP contribution is 2.38. The zero-order chi connectivity index (χ0) is 25.3. The number of nitrogens with zero attached hydrogens (tertiary/aromatic N) is 2. The zero-order valence-electron chi connectivity index (χ0n) is 19.5. The van der Waals surface area contributed by atoms with Gasteiger partial charge in [-0.1, -0.05) is 36.4 Å². The van der Waals surface area contributed by atoms with Gasteiger partial charge >= 0.3 is 11.9 Å². The monoisotopic (exact) mass is 492 g/mol. The first-order valence-corrected chi connectivity index (χ1v) is 11.4. The van der Waals surface area contributed by atoms with Crippen molar-refractivity contribution in [2.75, 3.05) is 13.2 Å². The number of rotatable bonds is 7. The third-order valence-electron chi connectivity index (χ3n) is 6.90. The molecule has 0 unspecified atom stereocenters. The molecule has 6 nitrogen and oxygen atoms in total. The van der Waals surface area contributed by atoms with Gasteiger partial charge in [0.2, 0.25) is 0 Å². The summed E-state index contributed by atoms with van der Waals surface area (Å²) in [5, 5.41) is 9.81. The Labute approximate surface area is 200 Å². The molecule has 0 radical (unpaired) electrons. The van der Waals surface area contributed by atoms with Crippen molar-refractivity contribution in [3.8, 4) is 0 Å². The number of benzene rings is 2. The molecular weight excluding hydrogens is 464 g/mol. The maximum absolute atomic E-state index is 13.3. The fourth-order valence-electron chi connectivity index (χ4n) is 4.62. The summed E-state index contributed by atoms with van der Waals surface area (Å²) in [6.07, 6.45) is -2.55. The van der Waals surface area contributed by atoms with Gasteiger partial charge in [-0.2, -0.15) is 18.3 Å². The van der Waals surface area contributed by atoms with Gasteiger partial charge in [0, 0.05) is 6.54 Å². The van der Waals surface area contributed by atoms with Crippen molar-refractivity contribution in [2.45, 2.75) is 56.7 Å². The summed E-state index contributed by atoms with van der Waals surface area (Å²) in [7, 11) is 0. The van der Waals surface area contributed by atoms with Crippen molar-refractivity contribution >= 4 is 0 Å². The van der Waals surface area contributed by atoms with E-state index in [-0.39, 0.29) is 23.4 Å². The predicted molar refractivity (Wildman–Crippen MR) is 122 cm³/mol. The minimum absolute atomic E-state index is 0.0415. The Bertz CT molecular complexity index is 1200. The van der Waals surface area contributed by atoms with Gasteiger partial charge in [0.05, 0.1) is 29.4 Å². The summed E-state index contributed by atoms with van der Waals surface area (Å²) in [5.74, 6) is 0. The lowest BCUT2D eigenvalue weighted by atomic mass is 9.77. The van der Waals surface area contributed by atoms with Crippen LogP contribution in [0.25, 0.3) is 0 Å². The molecule has 1 aliphatic rings. The van der Waals surface area contributed by atoms with Crippen LogP contribution in [0.4, 0.5) is 17.6 Å². The highest BCUT2D eigenvalue weighted by atomic mass is 19.4. The molecule has 0 saturated carbocycles. The average Bonchev–Trinajstić information content (AvgIpc) is 3.30. The summed E-state index contributed by atoms with van der Waals surface area (Å²) in [6.45, 7) is 3.26. The van der Waals surface area contributed by atoms with Crippen LogP contribution in [0.3, 0.4) is 0 Å². The lowest BCUT2D eigenvalue weighted by Crippen LogP contribution is -2.59. The van der Waals surface area contributed by atoms with E-state index >= 15 is 0 Å². The van der Waals surface area contributed by atoms with Gasteiger partial charge in [-0.25, -0.2) is 14.3 Å². The Morgan fingerprint density at radius 3 is 2.49 bits per heavy atom. The Balaban J connectivity index is 1.57. The van der Waals surface area contributed by atoms with Crippen molar-refractivity contribution in [3.63, 3.8) is 0 Å². The summed E-state index contributed by atoms with van der Waals surface area (Å²) in [4.78, 5) is 12.2. The molecule has 0 bridgehead atoms. The van der Waals surface area contributed by atoms with Crippen LogP contribution < -0.4 is 11.0 Å². The number of halogens is 4. The summed E-state index contributed by atoms with van der Waals surface area (Å²) >= 11 is 0. The molecular formula is C25H28F4N4O2. The van der Waals surface area contributed by atoms with Gasteiger partial charge in [-0.3, -0.25) is 4.57 Å². The second-order valence-corrected chi connectivity index (χ2v) is 9.38. The van der Waals surface area contributed by atoms with E-state index in [2.05, 4.69) is 15.5 Å². The highest BCUT2D eigenvalue weighted by molar-refractivity contribution is 5.33. The van der Waals surface area contributed by atoms with Crippen LogP contribution >= 0.6 is 0 Å². The van der Waals surface area contributed by atoms with E-state index in [1.165, 1.54) is 12.4 Å². The number of H-pyrrole nitrogens is 1. The number of nitrogens with one attached hydrogen (secondary N) is 2. The number of hydrogen-bond acceptors (Lipinski definition) is 4. The maximum Gasteiger partial charge on any atom is 0.416 e. The Morgan fingerprint density at radius 2 is 1.91 bits per heavy atom. The van der Waals surface area contributed by atoms with Gasteiger partial charge in [0.15, 0.2) is 0 Å². The second-order valence-electron chi connectivity index (χ2n) is 9.38. The molecule has 1 saturated heterocycles. The number of piperidine rings is 1. The summed E-state index contributed by atoms with van der Waals surface area (Å²) < 4.78 is 60.9. The fourth-order valence-corrected chi connectivity index (χ4v) is 4.62. The molecule has 0 aliphatic carbocycles. The van der Waals surface area contributed by atoms with Crippen molar-refractivity contribution < 1.29 is 22.3 Å². The molecule has 2 N–H and O–H groups in total. The van der Waals surface area contributed by atoms with E-state index in [0.29, 0.717) is 19.4 Å². The molecule has 188 valence electrons. The molecule has 0 amide bonds. The zero-order valence-corrected chi connectivity index (χ0v) is 19.5. The third kappa shape index (κ3) is 5.18. The Kier molecular flexibility index (Phi) is 6.88. The van der Waals surface area contributed by atoms with E-state index in [1.54, 1.807) is 11.5 Å². The minimum Gasteiger partial charge on any atom is -0.372 e. The smallest absolute Gasteiger partial charge is 0.372 e. The second kappa shape index (κ2) is 9.58. The number of ether oxygens (including phenoxy) is 1. The molecule has 3 aromatic rings. The highest BCUT2D eigenvalue weighted by Gasteiger charge is 2.43. The minimum atomic E-state index is -4.58. The first-order valence-electron chi connectivity index (χ1n) is 11.4. The Morgan fingerprint density at radius 1 is 1.17 bits per heavy atom. The molecule has 1 aromatic heterocycles. The molecule has 0 spiro atoms. The van der Waals surface area contributed by atoms with Crippen LogP contribution in [0.15, 0.2) is 59.7 Å². The lowest BCUT2D eigenvalue weighted by Gasteiger charge is -2.46. The molecule has 3 atom stereocenters. The number of hydrogen-bond donors (Lipinski definition) is 2. The topological polar surface area (TPSA) is 71.9 Å². The van der Waals surface area contributed by atoms with Gasteiger partial charge < -0.3 is 10.1 Å². The van der Waals surface area contributed by atoms with Gasteiger partial charge in [-0.15, -0.1) is 0 Å². The van der Waals surface area contributed by atoms with Crippen molar-refractivity contribution in [1.82, 2.24) is 20.1 Å². The van der Waals surface area contributed by atoms with Crippen LogP contribution in [0.2, 0.25) is 0 Å². The molecule has 4 rings (SSSR count). The van der Waals surface area contributed by atoms with Crippen LogP contribution in [0, 0.1) is 0 Å². The molecule has 35 heavy (non-hydrogen) atoms. The first-order chi connectivity index (χ1) is 16.6. The van der Waals surface area contributed by atoms with E-state index in [0.717, 1.165) is 17.7 Å². The lowest BCUT2D eigenvalue weighted by molar-refractivity contribution is -0.137.